The van der Waals surface area contributed by atoms with E-state index in [0.717, 1.165) is 12.8 Å². The number of nitrogens with zero attached hydrogens (tertiary/aromatic N) is 2. The maximum Gasteiger partial charge on any atom is 0.317 e. The van der Waals surface area contributed by atoms with Gasteiger partial charge in [0.1, 0.15) is 5.82 Å². The van der Waals surface area contributed by atoms with Gasteiger partial charge >= 0.3 is 6.03 Å². The van der Waals surface area contributed by atoms with Crippen LogP contribution < -0.4 is 15.5 Å². The van der Waals surface area contributed by atoms with E-state index in [1.54, 1.807) is 31.3 Å². The number of carbonyl (C=O) groups excluding carboxylic acids is 2. The molecule has 31 heavy (non-hydrogen) atoms. The van der Waals surface area contributed by atoms with Gasteiger partial charge in [0.15, 0.2) is 0 Å². The highest BCUT2D eigenvalue weighted by atomic mass is 19.1. The van der Waals surface area contributed by atoms with Gasteiger partial charge in [-0.2, -0.15) is 0 Å². The molecule has 2 aliphatic carbocycles. The van der Waals surface area contributed by atoms with Crippen LogP contribution in [0.2, 0.25) is 0 Å². The number of carbonyl (C=O) groups is 2. The average molecular weight is 420 g/mol. The van der Waals surface area contributed by atoms with E-state index in [1.807, 2.05) is 18.2 Å². The standard InChI is InChI=1S/C24H25FN4O2/c1-29-20-9-5-3-7-17(20)21(16-6-2-4-8-18(16)25)27-22(23(29)30)28-24(31)26-19-13-14-10-11-15(19)12-14/h2-9,14-15,19,22H,10-13H2,1H3,(H2,26,28,31). The summed E-state index contributed by atoms with van der Waals surface area (Å²) in [6.07, 6.45) is 3.40. The summed E-state index contributed by atoms with van der Waals surface area (Å²) in [5.74, 6) is 0.409. The molecule has 2 bridgehead atoms. The first-order chi connectivity index (χ1) is 15.0. The van der Waals surface area contributed by atoms with E-state index in [2.05, 4.69) is 15.6 Å². The topological polar surface area (TPSA) is 73.8 Å². The molecule has 160 valence electrons. The average Bonchev–Trinajstić information content (AvgIpc) is 3.37. The van der Waals surface area contributed by atoms with E-state index in [4.69, 9.17) is 0 Å². The zero-order valence-electron chi connectivity index (χ0n) is 17.3. The summed E-state index contributed by atoms with van der Waals surface area (Å²) < 4.78 is 14.7. The van der Waals surface area contributed by atoms with E-state index in [-0.39, 0.29) is 11.9 Å². The molecule has 2 aromatic rings. The Morgan fingerprint density at radius 2 is 1.77 bits per heavy atom. The highest BCUT2D eigenvalue weighted by Gasteiger charge is 2.40. The molecule has 5 rings (SSSR count). The van der Waals surface area contributed by atoms with Gasteiger partial charge in [0, 0.05) is 24.2 Å². The first-order valence-electron chi connectivity index (χ1n) is 10.8. The number of hydrogen-bond donors (Lipinski definition) is 2. The SMILES string of the molecule is CN1C(=O)C(NC(=O)NC2CC3CCC2C3)N=C(c2ccccc2F)c2ccccc21. The van der Waals surface area contributed by atoms with Crippen molar-refractivity contribution in [1.82, 2.24) is 10.6 Å². The highest BCUT2D eigenvalue weighted by Crippen LogP contribution is 2.44. The molecule has 2 N–H and O–H groups in total. The Bertz CT molecular complexity index is 1070. The predicted octanol–water partition coefficient (Wildman–Crippen LogP) is 3.45. The van der Waals surface area contributed by atoms with Crippen molar-refractivity contribution in [2.45, 2.75) is 37.9 Å². The van der Waals surface area contributed by atoms with Crippen LogP contribution in [0.1, 0.15) is 36.8 Å². The monoisotopic (exact) mass is 420 g/mol. The lowest BCUT2D eigenvalue weighted by Crippen LogP contribution is -2.52. The van der Waals surface area contributed by atoms with Crippen molar-refractivity contribution >= 4 is 23.3 Å². The van der Waals surface area contributed by atoms with Gasteiger partial charge in [-0.15, -0.1) is 0 Å². The number of rotatable bonds is 3. The van der Waals surface area contributed by atoms with Crippen molar-refractivity contribution in [3.05, 3.63) is 65.5 Å². The van der Waals surface area contributed by atoms with Crippen LogP contribution in [0, 0.1) is 17.7 Å². The number of benzodiazepines with no additional fused rings is 1. The van der Waals surface area contributed by atoms with Gasteiger partial charge in [0.25, 0.3) is 5.91 Å². The Kier molecular flexibility index (Phi) is 4.96. The lowest BCUT2D eigenvalue weighted by atomic mass is 9.95. The maximum absolute atomic E-state index is 14.7. The van der Waals surface area contributed by atoms with E-state index < -0.39 is 18.0 Å². The molecule has 3 aliphatic rings. The Labute approximate surface area is 180 Å². The number of nitrogens with one attached hydrogen (secondary N) is 2. The van der Waals surface area contributed by atoms with Gasteiger partial charge in [-0.1, -0.05) is 36.8 Å². The van der Waals surface area contributed by atoms with Crippen molar-refractivity contribution < 1.29 is 14.0 Å². The maximum atomic E-state index is 14.7. The van der Waals surface area contributed by atoms with E-state index in [0.29, 0.717) is 34.4 Å². The van der Waals surface area contributed by atoms with Crippen LogP contribution in [-0.2, 0) is 4.79 Å². The largest absolute Gasteiger partial charge is 0.335 e. The first-order valence-corrected chi connectivity index (χ1v) is 10.8. The number of benzene rings is 2. The van der Waals surface area contributed by atoms with Crippen molar-refractivity contribution in [2.24, 2.45) is 16.8 Å². The number of para-hydroxylation sites is 1. The van der Waals surface area contributed by atoms with Gasteiger partial charge in [-0.25, -0.2) is 14.2 Å². The van der Waals surface area contributed by atoms with E-state index >= 15 is 0 Å². The van der Waals surface area contributed by atoms with Crippen LogP contribution in [0.5, 0.6) is 0 Å². The predicted molar refractivity (Wildman–Crippen MR) is 117 cm³/mol. The molecular weight excluding hydrogens is 395 g/mol. The third-order valence-electron chi connectivity index (χ3n) is 6.79. The zero-order valence-corrected chi connectivity index (χ0v) is 17.3. The quantitative estimate of drug-likeness (QED) is 0.798. The summed E-state index contributed by atoms with van der Waals surface area (Å²) in [5.41, 5.74) is 1.89. The number of hydrogen-bond acceptors (Lipinski definition) is 3. The minimum atomic E-state index is -1.15. The Hall–Kier alpha value is -3.22. The fourth-order valence-corrected chi connectivity index (χ4v) is 5.24. The third-order valence-corrected chi connectivity index (χ3v) is 6.79. The molecule has 2 saturated carbocycles. The van der Waals surface area contributed by atoms with Crippen LogP contribution in [0.3, 0.4) is 0 Å². The molecule has 4 atom stereocenters. The molecule has 0 radical (unpaired) electrons. The molecule has 0 aromatic heterocycles. The molecule has 2 aromatic carbocycles. The fraction of sp³-hybridized carbons (Fsp3) is 0.375. The van der Waals surface area contributed by atoms with Gasteiger partial charge in [0.2, 0.25) is 6.17 Å². The second kappa shape index (κ2) is 7.80. The molecule has 1 heterocycles. The molecule has 6 nitrogen and oxygen atoms in total. The normalized spacial score (nSPS) is 26.8. The molecule has 7 heteroatoms. The summed E-state index contributed by atoms with van der Waals surface area (Å²) in [6, 6.07) is 13.3. The number of urea groups is 1. The van der Waals surface area contributed by atoms with E-state index in [9.17, 15) is 14.0 Å². The van der Waals surface area contributed by atoms with Crippen molar-refractivity contribution in [3.63, 3.8) is 0 Å². The van der Waals surface area contributed by atoms with Crippen molar-refractivity contribution in [1.29, 1.82) is 0 Å². The Morgan fingerprint density at radius 3 is 2.48 bits per heavy atom. The lowest BCUT2D eigenvalue weighted by Gasteiger charge is -2.25. The minimum Gasteiger partial charge on any atom is -0.335 e. The number of fused-ring (bicyclic) bond motifs is 3. The van der Waals surface area contributed by atoms with Gasteiger partial charge in [-0.05, 0) is 49.3 Å². The summed E-state index contributed by atoms with van der Waals surface area (Å²) in [7, 11) is 1.64. The van der Waals surface area contributed by atoms with Crippen LogP contribution >= 0.6 is 0 Å². The third kappa shape index (κ3) is 3.58. The van der Waals surface area contributed by atoms with Crippen molar-refractivity contribution in [2.75, 3.05) is 11.9 Å². The van der Waals surface area contributed by atoms with Crippen LogP contribution in [0.4, 0.5) is 14.9 Å². The summed E-state index contributed by atoms with van der Waals surface area (Å²) in [6.45, 7) is 0. The van der Waals surface area contributed by atoms with Gasteiger partial charge in [0.05, 0.1) is 11.4 Å². The highest BCUT2D eigenvalue weighted by molar-refractivity contribution is 6.20. The van der Waals surface area contributed by atoms with Crippen molar-refractivity contribution in [3.8, 4) is 0 Å². The number of amides is 3. The lowest BCUT2D eigenvalue weighted by molar-refractivity contribution is -0.119. The molecule has 1 aliphatic heterocycles. The molecule has 4 unspecified atom stereocenters. The summed E-state index contributed by atoms with van der Waals surface area (Å²) >= 11 is 0. The number of likely N-dealkylation sites (N-methyl/N-ethyl adjacent to an activating group) is 1. The fourth-order valence-electron chi connectivity index (χ4n) is 5.24. The molecule has 3 amide bonds. The van der Waals surface area contributed by atoms with Crippen LogP contribution in [-0.4, -0.2) is 36.9 Å². The molecular formula is C24H25FN4O2. The summed E-state index contributed by atoms with van der Waals surface area (Å²) in [5, 5.41) is 5.76. The van der Waals surface area contributed by atoms with Crippen LogP contribution in [0.15, 0.2) is 53.5 Å². The number of aliphatic imine (C=N–C) groups is 1. The Morgan fingerprint density at radius 1 is 1.03 bits per heavy atom. The molecule has 0 saturated heterocycles. The Balaban J connectivity index is 1.47. The summed E-state index contributed by atoms with van der Waals surface area (Å²) in [4.78, 5) is 31.9. The molecule has 2 fully saturated rings. The second-order valence-corrected chi connectivity index (χ2v) is 8.67. The zero-order chi connectivity index (χ0) is 21.5. The smallest absolute Gasteiger partial charge is 0.317 e. The first kappa shape index (κ1) is 19.7. The van der Waals surface area contributed by atoms with E-state index in [1.165, 1.54) is 23.8 Å². The second-order valence-electron chi connectivity index (χ2n) is 8.67. The number of halogens is 1. The van der Waals surface area contributed by atoms with Crippen LogP contribution in [0.25, 0.3) is 0 Å². The van der Waals surface area contributed by atoms with Gasteiger partial charge < -0.3 is 15.5 Å². The molecule has 0 spiro atoms. The minimum absolute atomic E-state index is 0.143. The van der Waals surface area contributed by atoms with Gasteiger partial charge in [-0.3, -0.25) is 4.79 Å². The number of anilines is 1.